The van der Waals surface area contributed by atoms with Crippen LogP contribution in [0.1, 0.15) is 17.5 Å². The van der Waals surface area contributed by atoms with Gasteiger partial charge in [-0.1, -0.05) is 18.2 Å². The maximum Gasteiger partial charge on any atom is 0.121 e. The highest BCUT2D eigenvalue weighted by Crippen LogP contribution is 2.19. The van der Waals surface area contributed by atoms with E-state index in [1.807, 2.05) is 6.07 Å². The molecule has 0 saturated carbocycles. The van der Waals surface area contributed by atoms with Gasteiger partial charge < -0.3 is 15.0 Å². The molecule has 0 aliphatic carbocycles. The normalized spacial score (nSPS) is 16.9. The average Bonchev–Trinajstić information content (AvgIpc) is 2.45. The Hall–Kier alpha value is -1.32. The molecule has 19 heavy (non-hydrogen) atoms. The lowest BCUT2D eigenvalue weighted by molar-refractivity contribution is 0.245. The Balaban J connectivity index is 1.80. The van der Waals surface area contributed by atoms with Gasteiger partial charge in [0.1, 0.15) is 5.75 Å². The number of benzene rings is 1. The fourth-order valence-corrected chi connectivity index (χ4v) is 2.42. The maximum atomic E-state index is 5.27. The monoisotopic (exact) mass is 260 g/mol. The Morgan fingerprint density at radius 2 is 2.11 bits per heavy atom. The van der Waals surface area contributed by atoms with Gasteiger partial charge >= 0.3 is 0 Å². The zero-order valence-corrected chi connectivity index (χ0v) is 12.0. The maximum absolute atomic E-state index is 5.27. The van der Waals surface area contributed by atoms with E-state index in [2.05, 4.69) is 41.4 Å². The predicted molar refractivity (Wildman–Crippen MR) is 80.7 cm³/mol. The van der Waals surface area contributed by atoms with Gasteiger partial charge in [-0.05, 0) is 36.6 Å². The summed E-state index contributed by atoms with van der Waals surface area (Å²) < 4.78 is 5.27. The van der Waals surface area contributed by atoms with E-state index in [4.69, 9.17) is 4.74 Å². The summed E-state index contributed by atoms with van der Waals surface area (Å²) in [6.07, 6.45) is 5.59. The number of nitrogens with one attached hydrogen (secondary N) is 1. The Bertz CT molecular complexity index is 423. The highest BCUT2D eigenvalue weighted by atomic mass is 16.5. The number of piperazine rings is 1. The molecule has 1 N–H and O–H groups in total. The molecule has 1 aliphatic rings. The van der Waals surface area contributed by atoms with Crippen LogP contribution in [-0.4, -0.2) is 44.7 Å². The molecule has 1 aromatic carbocycles. The third kappa shape index (κ3) is 4.37. The molecule has 0 unspecified atom stereocenters. The molecule has 3 nitrogen and oxygen atoms in total. The Morgan fingerprint density at radius 3 is 2.79 bits per heavy atom. The third-order valence-corrected chi connectivity index (χ3v) is 3.55. The van der Waals surface area contributed by atoms with Crippen LogP contribution in [0.15, 0.2) is 24.3 Å². The van der Waals surface area contributed by atoms with Crippen molar-refractivity contribution in [2.24, 2.45) is 0 Å². The van der Waals surface area contributed by atoms with Gasteiger partial charge in [-0.15, -0.1) is 0 Å². The van der Waals surface area contributed by atoms with Crippen molar-refractivity contribution < 1.29 is 4.74 Å². The van der Waals surface area contributed by atoms with E-state index < -0.39 is 0 Å². The van der Waals surface area contributed by atoms with Crippen molar-refractivity contribution in [2.45, 2.75) is 13.3 Å². The first kappa shape index (κ1) is 14.1. The van der Waals surface area contributed by atoms with E-state index in [1.54, 1.807) is 7.11 Å². The molecule has 0 atom stereocenters. The molecule has 0 radical (unpaired) electrons. The number of rotatable bonds is 5. The van der Waals surface area contributed by atoms with Gasteiger partial charge in [0.25, 0.3) is 0 Å². The highest BCUT2D eigenvalue weighted by Gasteiger charge is 2.07. The molecular formula is C16H24N2O. The van der Waals surface area contributed by atoms with Gasteiger partial charge in [-0.2, -0.15) is 0 Å². The van der Waals surface area contributed by atoms with E-state index in [0.29, 0.717) is 0 Å². The summed E-state index contributed by atoms with van der Waals surface area (Å²) in [4.78, 5) is 2.51. The van der Waals surface area contributed by atoms with Crippen molar-refractivity contribution in [1.29, 1.82) is 0 Å². The Morgan fingerprint density at radius 1 is 1.32 bits per heavy atom. The number of ether oxygens (including phenoxy) is 1. The molecule has 0 amide bonds. The lowest BCUT2D eigenvalue weighted by Gasteiger charge is -2.26. The van der Waals surface area contributed by atoms with Crippen molar-refractivity contribution in [1.82, 2.24) is 10.2 Å². The minimum Gasteiger partial charge on any atom is -0.496 e. The average molecular weight is 260 g/mol. The molecule has 1 aromatic rings. The predicted octanol–water partition coefficient (Wildman–Crippen LogP) is 2.31. The summed E-state index contributed by atoms with van der Waals surface area (Å²) in [6.45, 7) is 7.85. The smallest absolute Gasteiger partial charge is 0.121 e. The van der Waals surface area contributed by atoms with Gasteiger partial charge in [0.2, 0.25) is 0 Å². The van der Waals surface area contributed by atoms with Crippen LogP contribution in [-0.2, 0) is 0 Å². The Kier molecular flexibility index (Phi) is 5.43. The molecule has 3 heteroatoms. The molecule has 1 saturated heterocycles. The van der Waals surface area contributed by atoms with Gasteiger partial charge in [0.05, 0.1) is 7.11 Å². The second-order valence-corrected chi connectivity index (χ2v) is 5.01. The molecule has 2 rings (SSSR count). The molecule has 1 heterocycles. The number of aryl methyl sites for hydroxylation is 1. The van der Waals surface area contributed by atoms with Crippen LogP contribution in [0.25, 0.3) is 6.08 Å². The molecule has 0 spiro atoms. The van der Waals surface area contributed by atoms with Gasteiger partial charge in [0.15, 0.2) is 0 Å². The zero-order chi connectivity index (χ0) is 13.5. The summed E-state index contributed by atoms with van der Waals surface area (Å²) in [7, 11) is 1.71. The molecule has 0 aromatic heterocycles. The first-order chi connectivity index (χ1) is 9.29. The SMILES string of the molecule is COc1ccc(/C=C/CCN2CCNCC2)cc1C. The van der Waals surface area contributed by atoms with E-state index in [9.17, 15) is 0 Å². The second kappa shape index (κ2) is 7.31. The minimum absolute atomic E-state index is 0.956. The van der Waals surface area contributed by atoms with Crippen LogP contribution in [0.4, 0.5) is 0 Å². The van der Waals surface area contributed by atoms with Crippen molar-refractivity contribution >= 4 is 6.08 Å². The molecule has 104 valence electrons. The van der Waals surface area contributed by atoms with Crippen molar-refractivity contribution in [2.75, 3.05) is 39.8 Å². The summed E-state index contributed by atoms with van der Waals surface area (Å²) in [5.74, 6) is 0.956. The van der Waals surface area contributed by atoms with Gasteiger partial charge in [-0.25, -0.2) is 0 Å². The molecular weight excluding hydrogens is 236 g/mol. The van der Waals surface area contributed by atoms with Crippen LogP contribution >= 0.6 is 0 Å². The Labute approximate surface area is 116 Å². The van der Waals surface area contributed by atoms with Crippen LogP contribution in [0.5, 0.6) is 5.75 Å². The first-order valence-electron chi connectivity index (χ1n) is 7.04. The highest BCUT2D eigenvalue weighted by molar-refractivity contribution is 5.53. The van der Waals surface area contributed by atoms with E-state index in [1.165, 1.54) is 24.2 Å². The number of hydrogen-bond acceptors (Lipinski definition) is 3. The quantitative estimate of drug-likeness (QED) is 0.879. The summed E-state index contributed by atoms with van der Waals surface area (Å²) >= 11 is 0. The topological polar surface area (TPSA) is 24.5 Å². The van der Waals surface area contributed by atoms with Crippen LogP contribution < -0.4 is 10.1 Å². The van der Waals surface area contributed by atoms with Crippen LogP contribution in [0, 0.1) is 6.92 Å². The van der Waals surface area contributed by atoms with Crippen LogP contribution in [0.3, 0.4) is 0 Å². The van der Waals surface area contributed by atoms with Crippen LogP contribution in [0.2, 0.25) is 0 Å². The molecule has 1 aliphatic heterocycles. The lowest BCUT2D eigenvalue weighted by Crippen LogP contribution is -2.43. The minimum atomic E-state index is 0.956. The number of nitrogens with zero attached hydrogens (tertiary/aromatic N) is 1. The second-order valence-electron chi connectivity index (χ2n) is 5.01. The largest absolute Gasteiger partial charge is 0.496 e. The van der Waals surface area contributed by atoms with Crippen molar-refractivity contribution in [3.63, 3.8) is 0 Å². The van der Waals surface area contributed by atoms with E-state index in [0.717, 1.165) is 31.8 Å². The molecule has 1 fully saturated rings. The van der Waals surface area contributed by atoms with E-state index in [-0.39, 0.29) is 0 Å². The van der Waals surface area contributed by atoms with Crippen molar-refractivity contribution in [3.05, 3.63) is 35.4 Å². The van der Waals surface area contributed by atoms with E-state index >= 15 is 0 Å². The zero-order valence-electron chi connectivity index (χ0n) is 12.0. The summed E-state index contributed by atoms with van der Waals surface area (Å²) in [6, 6.07) is 6.30. The first-order valence-corrected chi connectivity index (χ1v) is 7.04. The summed E-state index contributed by atoms with van der Waals surface area (Å²) in [5.41, 5.74) is 2.44. The fraction of sp³-hybridized carbons (Fsp3) is 0.500. The summed E-state index contributed by atoms with van der Waals surface area (Å²) in [5, 5.41) is 3.38. The van der Waals surface area contributed by atoms with Gasteiger partial charge in [-0.3, -0.25) is 0 Å². The third-order valence-electron chi connectivity index (χ3n) is 3.55. The molecule has 0 bridgehead atoms. The lowest BCUT2D eigenvalue weighted by atomic mass is 10.1. The van der Waals surface area contributed by atoms with Crippen molar-refractivity contribution in [3.8, 4) is 5.75 Å². The van der Waals surface area contributed by atoms with Gasteiger partial charge in [0, 0.05) is 32.7 Å². The number of methoxy groups -OCH3 is 1. The standard InChI is InChI=1S/C16H24N2O/c1-14-13-15(6-7-16(14)19-2)5-3-4-10-18-11-8-17-9-12-18/h3,5-7,13,17H,4,8-12H2,1-2H3/b5-3+. The fourth-order valence-electron chi connectivity index (χ4n) is 2.42. The number of hydrogen-bond donors (Lipinski definition) is 1.